The van der Waals surface area contributed by atoms with Gasteiger partial charge in [0.05, 0.1) is 12.7 Å². The molecular formula is C16H18BFN4O2. The third kappa shape index (κ3) is 4.30. The molecule has 8 heteroatoms. The number of carbonyl (C=O) groups is 1. The lowest BCUT2D eigenvalue weighted by Gasteiger charge is -2.16. The van der Waals surface area contributed by atoms with E-state index in [1.807, 2.05) is 0 Å². The summed E-state index contributed by atoms with van der Waals surface area (Å²) in [6.07, 6.45) is 3.42. The Hall–Kier alpha value is -2.92. The molecule has 0 saturated carbocycles. The van der Waals surface area contributed by atoms with Gasteiger partial charge in [0.1, 0.15) is 12.4 Å². The minimum atomic E-state index is -0.861. The number of aromatic nitrogens is 1. The maximum atomic E-state index is 13.7. The molecule has 0 bridgehead atoms. The van der Waals surface area contributed by atoms with Gasteiger partial charge in [-0.15, -0.1) is 0 Å². The van der Waals surface area contributed by atoms with Gasteiger partial charge in [-0.25, -0.2) is 15.1 Å². The number of nitrogens with zero attached hydrogens (tertiary/aromatic N) is 2. The van der Waals surface area contributed by atoms with Crippen molar-refractivity contribution in [3.63, 3.8) is 0 Å². The Balaban J connectivity index is 1.95. The minimum Gasteiger partial charge on any atom is -0.494 e. The molecular weight excluding hydrogens is 310 g/mol. The van der Waals surface area contributed by atoms with Gasteiger partial charge in [0.25, 0.3) is 5.91 Å². The number of hydrogen-bond donors (Lipinski definition) is 2. The molecule has 1 heterocycles. The second kappa shape index (κ2) is 8.08. The van der Waals surface area contributed by atoms with Gasteiger partial charge in [0.15, 0.2) is 11.6 Å². The number of benzene rings is 1. The molecule has 6 nitrogen and oxygen atoms in total. The Morgan fingerprint density at radius 2 is 2.08 bits per heavy atom. The second-order valence-electron chi connectivity index (χ2n) is 5.41. The number of hydrazine groups is 1. The molecule has 1 unspecified atom stereocenters. The molecule has 0 saturated heterocycles. The smallest absolute Gasteiger partial charge is 0.349 e. The third-order valence-electron chi connectivity index (χ3n) is 3.68. The molecule has 1 aromatic carbocycles. The molecule has 0 fully saturated rings. The van der Waals surface area contributed by atoms with E-state index in [2.05, 4.69) is 16.8 Å². The fourth-order valence-electron chi connectivity index (χ4n) is 2.20. The van der Waals surface area contributed by atoms with Crippen LogP contribution in [0.1, 0.15) is 28.9 Å². The zero-order valence-electron chi connectivity index (χ0n) is 13.7. The average Bonchev–Trinajstić information content (AvgIpc) is 2.60. The molecule has 124 valence electrons. The van der Waals surface area contributed by atoms with Gasteiger partial charge in [0.2, 0.25) is 0 Å². The van der Waals surface area contributed by atoms with Crippen molar-refractivity contribution >= 4 is 13.3 Å². The molecule has 0 radical (unpaired) electrons. The predicted octanol–water partition coefficient (Wildman–Crippen LogP) is 0.530. The highest BCUT2D eigenvalue weighted by atomic mass is 19.1. The van der Waals surface area contributed by atoms with Crippen molar-refractivity contribution in [2.45, 2.75) is 13.0 Å². The lowest BCUT2D eigenvalue weighted by molar-refractivity contribution is -0.527. The van der Waals surface area contributed by atoms with E-state index in [0.717, 1.165) is 0 Å². The van der Waals surface area contributed by atoms with Crippen LogP contribution in [0.2, 0.25) is 0 Å². The number of halogens is 1. The van der Waals surface area contributed by atoms with Gasteiger partial charge >= 0.3 is 7.41 Å². The van der Waals surface area contributed by atoms with Gasteiger partial charge in [-0.1, -0.05) is 12.0 Å². The molecule has 0 aliphatic carbocycles. The molecule has 24 heavy (non-hydrogen) atoms. The zero-order valence-corrected chi connectivity index (χ0v) is 13.7. The van der Waals surface area contributed by atoms with Gasteiger partial charge < -0.3 is 9.21 Å². The molecule has 2 aromatic rings. The highest BCUT2D eigenvalue weighted by Gasteiger charge is 2.12. The minimum absolute atomic E-state index is 0.174. The summed E-state index contributed by atoms with van der Waals surface area (Å²) in [5.41, 5.74) is 6.58. The molecule has 0 aliphatic heterocycles. The number of rotatable bonds is 6. The van der Waals surface area contributed by atoms with Crippen molar-refractivity contribution in [1.29, 1.82) is 5.26 Å². The Morgan fingerprint density at radius 3 is 2.67 bits per heavy atom. The topological polar surface area (TPSA) is 78.0 Å². The van der Waals surface area contributed by atoms with Crippen molar-refractivity contribution in [2.75, 3.05) is 7.11 Å². The van der Waals surface area contributed by atoms with Crippen LogP contribution >= 0.6 is 0 Å². The van der Waals surface area contributed by atoms with Crippen molar-refractivity contribution in [3.05, 3.63) is 59.7 Å². The second-order valence-corrected chi connectivity index (χ2v) is 5.41. The fraction of sp³-hybridized carbons (Fsp3) is 0.188. The van der Waals surface area contributed by atoms with E-state index in [4.69, 9.17) is 10.00 Å². The SMILES string of the molecule is COc1ccc(C(C)NNC(=O)c2cc[n+]([BH2-]C#N)cc2)cc1F. The number of ether oxygens (including phenoxy) is 1. The maximum absolute atomic E-state index is 13.7. The first kappa shape index (κ1) is 17.4. The summed E-state index contributed by atoms with van der Waals surface area (Å²) >= 11 is 0. The molecule has 1 atom stereocenters. The van der Waals surface area contributed by atoms with Crippen LogP contribution in [-0.2, 0) is 0 Å². The van der Waals surface area contributed by atoms with Crippen LogP contribution in [-0.4, -0.2) is 20.4 Å². The highest BCUT2D eigenvalue weighted by molar-refractivity contribution is 6.35. The number of nitriles is 1. The van der Waals surface area contributed by atoms with E-state index < -0.39 is 13.2 Å². The summed E-state index contributed by atoms with van der Waals surface area (Å²) in [7, 11) is 0.544. The van der Waals surface area contributed by atoms with Crippen molar-refractivity contribution < 1.29 is 18.4 Å². The first-order valence-electron chi connectivity index (χ1n) is 7.58. The summed E-state index contributed by atoms with van der Waals surface area (Å²) in [6, 6.07) is 7.64. The number of carbonyl (C=O) groups excluding carboxylic acids is 1. The maximum Gasteiger partial charge on any atom is 0.349 e. The van der Waals surface area contributed by atoms with Crippen LogP contribution in [0, 0.1) is 17.0 Å². The molecule has 0 aliphatic rings. The summed E-state index contributed by atoms with van der Waals surface area (Å²) in [5, 5.41) is 8.67. The van der Waals surface area contributed by atoms with E-state index in [9.17, 15) is 9.18 Å². The van der Waals surface area contributed by atoms with Crippen LogP contribution in [0.15, 0.2) is 42.7 Å². The van der Waals surface area contributed by atoms with Crippen LogP contribution < -0.4 is 20.1 Å². The summed E-state index contributed by atoms with van der Waals surface area (Å²) in [5.74, 6) is 1.55. The first-order valence-corrected chi connectivity index (χ1v) is 7.58. The van der Waals surface area contributed by atoms with Crippen LogP contribution in [0.5, 0.6) is 5.75 Å². The number of hydrogen-bond acceptors (Lipinski definition) is 4. The Kier molecular flexibility index (Phi) is 5.87. The molecule has 0 spiro atoms. The number of pyridine rings is 1. The van der Waals surface area contributed by atoms with Crippen molar-refractivity contribution in [2.24, 2.45) is 0 Å². The lowest BCUT2D eigenvalue weighted by atomic mass is 9.98. The van der Waals surface area contributed by atoms with Gasteiger partial charge in [-0.2, -0.15) is 0 Å². The monoisotopic (exact) mass is 328 g/mol. The van der Waals surface area contributed by atoms with E-state index >= 15 is 0 Å². The third-order valence-corrected chi connectivity index (χ3v) is 3.68. The number of nitrogens with one attached hydrogen (secondary N) is 2. The Labute approximate surface area is 140 Å². The van der Waals surface area contributed by atoms with E-state index in [1.165, 1.54) is 13.2 Å². The normalized spacial score (nSPS) is 11.4. The Bertz CT molecular complexity index is 762. The lowest BCUT2D eigenvalue weighted by Crippen LogP contribution is -2.41. The van der Waals surface area contributed by atoms with E-state index in [-0.39, 0.29) is 17.7 Å². The molecule has 1 amide bonds. The largest absolute Gasteiger partial charge is 0.494 e. The van der Waals surface area contributed by atoms with Crippen LogP contribution in [0.4, 0.5) is 4.39 Å². The molecule has 2 rings (SSSR count). The van der Waals surface area contributed by atoms with Crippen molar-refractivity contribution in [1.82, 2.24) is 10.9 Å². The van der Waals surface area contributed by atoms with Crippen molar-refractivity contribution in [3.8, 4) is 11.7 Å². The quantitative estimate of drug-likeness (QED) is 0.599. The van der Waals surface area contributed by atoms with E-state index in [1.54, 1.807) is 48.1 Å². The summed E-state index contributed by atoms with van der Waals surface area (Å²) in [6.45, 7) is 1.80. The van der Waals surface area contributed by atoms with E-state index in [0.29, 0.717) is 11.1 Å². The van der Waals surface area contributed by atoms with Crippen LogP contribution in [0.3, 0.4) is 0 Å². The molecule has 2 N–H and O–H groups in total. The number of amides is 1. The molecule has 1 aromatic heterocycles. The van der Waals surface area contributed by atoms with Gasteiger partial charge in [-0.05, 0) is 24.6 Å². The standard InChI is InChI=1S/C16H18BFN4O2/c1-11(13-3-4-15(24-2)14(18)9-13)20-21-16(23)12-5-7-22(8-6-12)17-10-19/h3-9,11,20H,17H2,1-2H3,(H,21,23). The summed E-state index contributed by atoms with van der Waals surface area (Å²) in [4.78, 5) is 12.1. The van der Waals surface area contributed by atoms with Crippen LogP contribution in [0.25, 0.3) is 0 Å². The zero-order chi connectivity index (χ0) is 17.5. The Morgan fingerprint density at radius 1 is 1.38 bits per heavy atom. The van der Waals surface area contributed by atoms with Gasteiger partial charge in [0, 0.05) is 18.2 Å². The first-order chi connectivity index (χ1) is 11.5. The average molecular weight is 328 g/mol. The fourth-order valence-corrected chi connectivity index (χ4v) is 2.20. The highest BCUT2D eigenvalue weighted by Crippen LogP contribution is 2.21. The number of methoxy groups -OCH3 is 1. The summed E-state index contributed by atoms with van der Waals surface area (Å²) < 4.78 is 20.4. The predicted molar refractivity (Wildman–Crippen MR) is 88.2 cm³/mol. The van der Waals surface area contributed by atoms with Gasteiger partial charge in [-0.3, -0.25) is 10.2 Å².